The third kappa shape index (κ3) is 1.87. The van der Waals surface area contributed by atoms with Crippen molar-refractivity contribution in [2.75, 3.05) is 0 Å². The summed E-state index contributed by atoms with van der Waals surface area (Å²) in [5.74, 6) is -1.46. The smallest absolute Gasteiger partial charge is 0.200 e. The molecule has 3 aromatic rings. The van der Waals surface area contributed by atoms with Gasteiger partial charge in [0.2, 0.25) is 0 Å². The van der Waals surface area contributed by atoms with Crippen LogP contribution in [0, 0.1) is 0 Å². The molecule has 0 saturated carbocycles. The number of rotatable bonds is 1. The van der Waals surface area contributed by atoms with E-state index in [2.05, 4.69) is 0 Å². The van der Waals surface area contributed by atoms with Crippen molar-refractivity contribution in [3.63, 3.8) is 0 Å². The Morgan fingerprint density at radius 2 is 1.37 bits per heavy atom. The van der Waals surface area contributed by atoms with E-state index in [1.165, 1.54) is 6.07 Å². The molecule has 0 nitrogen and oxygen atoms in total. The Bertz CT molecular complexity index is 799. The summed E-state index contributed by atoms with van der Waals surface area (Å²) < 4.78 is 38.4. The number of hydrogen-bond acceptors (Lipinski definition) is 0. The van der Waals surface area contributed by atoms with Crippen molar-refractivity contribution < 1.29 is 13.2 Å². The summed E-state index contributed by atoms with van der Waals surface area (Å²) in [5, 5.41) is 3.18. The van der Waals surface area contributed by atoms with E-state index in [1.807, 2.05) is 36.4 Å². The molecule has 0 atom stereocenters. The Morgan fingerprint density at radius 3 is 2.16 bits per heavy atom. The van der Waals surface area contributed by atoms with E-state index in [4.69, 9.17) is 0 Å². The van der Waals surface area contributed by atoms with Gasteiger partial charge in [-0.25, -0.2) is 4.39 Å². The zero-order valence-electron chi connectivity index (χ0n) is 9.83. The van der Waals surface area contributed by atoms with E-state index in [-0.39, 0.29) is 5.56 Å². The highest BCUT2D eigenvalue weighted by atomic mass is 19.3. The van der Waals surface area contributed by atoms with Gasteiger partial charge in [-0.2, -0.15) is 8.78 Å². The number of hydrogen-bond donors (Lipinski definition) is 0. The van der Waals surface area contributed by atoms with Crippen LogP contribution in [0.15, 0.2) is 60.7 Å². The van der Waals surface area contributed by atoms with Gasteiger partial charge in [0.1, 0.15) is 0 Å². The van der Waals surface area contributed by atoms with Crippen LogP contribution in [-0.4, -0.2) is 0 Å². The summed E-state index contributed by atoms with van der Waals surface area (Å²) in [6.07, 6.45) is -2.29. The lowest BCUT2D eigenvalue weighted by Gasteiger charge is -2.07. The minimum atomic E-state index is -2.29. The van der Waals surface area contributed by atoms with Gasteiger partial charge in [0.05, 0.1) is 0 Å². The minimum absolute atomic E-state index is 0.0664. The molecule has 19 heavy (non-hydrogen) atoms. The van der Waals surface area contributed by atoms with Crippen molar-refractivity contribution in [2.24, 2.45) is 0 Å². The van der Waals surface area contributed by atoms with E-state index >= 15 is 0 Å². The molecule has 0 aliphatic rings. The molecule has 0 aliphatic heterocycles. The first-order valence-corrected chi connectivity index (χ1v) is 5.80. The van der Waals surface area contributed by atoms with Gasteiger partial charge in [0.15, 0.2) is 5.83 Å². The van der Waals surface area contributed by atoms with Gasteiger partial charge in [-0.05, 0) is 21.5 Å². The summed E-state index contributed by atoms with van der Waals surface area (Å²) in [6.45, 7) is 0. The summed E-state index contributed by atoms with van der Waals surface area (Å²) in [6, 6.07) is 15.9. The Labute approximate surface area is 107 Å². The molecule has 0 saturated heterocycles. The molecule has 3 heteroatoms. The molecule has 0 aliphatic carbocycles. The second kappa shape index (κ2) is 4.43. The van der Waals surface area contributed by atoms with Crippen LogP contribution in [0.1, 0.15) is 5.56 Å². The van der Waals surface area contributed by atoms with Gasteiger partial charge >= 0.3 is 6.08 Å². The third-order valence-corrected chi connectivity index (χ3v) is 3.19. The lowest BCUT2D eigenvalue weighted by molar-refractivity contribution is 0.410. The van der Waals surface area contributed by atoms with Crippen molar-refractivity contribution in [2.45, 2.75) is 0 Å². The van der Waals surface area contributed by atoms with E-state index in [1.54, 1.807) is 12.1 Å². The molecular formula is C16H9F3. The molecule has 0 radical (unpaired) electrons. The van der Waals surface area contributed by atoms with E-state index < -0.39 is 11.9 Å². The van der Waals surface area contributed by atoms with Crippen LogP contribution in [0.2, 0.25) is 0 Å². The Balaban J connectivity index is 2.45. The van der Waals surface area contributed by atoms with E-state index in [9.17, 15) is 13.2 Å². The van der Waals surface area contributed by atoms with Crippen LogP contribution >= 0.6 is 0 Å². The van der Waals surface area contributed by atoms with Crippen molar-refractivity contribution in [1.29, 1.82) is 0 Å². The number of fused-ring (bicyclic) bond motifs is 3. The Kier molecular flexibility index (Phi) is 2.75. The second-order valence-electron chi connectivity index (χ2n) is 4.26. The van der Waals surface area contributed by atoms with Gasteiger partial charge in [-0.3, -0.25) is 0 Å². The van der Waals surface area contributed by atoms with Crippen LogP contribution in [-0.2, 0) is 0 Å². The SMILES string of the molecule is FC(F)=C(F)c1cccc2c1ccc1ccccc12. The molecular weight excluding hydrogens is 249 g/mol. The summed E-state index contributed by atoms with van der Waals surface area (Å²) >= 11 is 0. The van der Waals surface area contributed by atoms with Crippen LogP contribution in [0.5, 0.6) is 0 Å². The first kappa shape index (κ1) is 11.8. The zero-order chi connectivity index (χ0) is 13.4. The predicted octanol–water partition coefficient (Wildman–Crippen LogP) is 5.53. The fourth-order valence-corrected chi connectivity index (χ4v) is 2.33. The fourth-order valence-electron chi connectivity index (χ4n) is 2.33. The summed E-state index contributed by atoms with van der Waals surface area (Å²) in [5.41, 5.74) is -0.0664. The molecule has 0 N–H and O–H groups in total. The second-order valence-corrected chi connectivity index (χ2v) is 4.26. The normalized spacial score (nSPS) is 10.9. The van der Waals surface area contributed by atoms with E-state index in [0.29, 0.717) is 5.39 Å². The molecule has 0 bridgehead atoms. The van der Waals surface area contributed by atoms with Crippen molar-refractivity contribution in [1.82, 2.24) is 0 Å². The summed E-state index contributed by atoms with van der Waals surface area (Å²) in [7, 11) is 0. The van der Waals surface area contributed by atoms with Gasteiger partial charge in [0.25, 0.3) is 0 Å². The third-order valence-electron chi connectivity index (χ3n) is 3.19. The average Bonchev–Trinajstić information content (AvgIpc) is 2.45. The minimum Gasteiger partial charge on any atom is -0.200 e. The van der Waals surface area contributed by atoms with Crippen molar-refractivity contribution in [3.05, 3.63) is 66.2 Å². The average molecular weight is 258 g/mol. The first-order chi connectivity index (χ1) is 9.18. The molecule has 0 heterocycles. The Morgan fingerprint density at radius 1 is 0.632 bits per heavy atom. The maximum atomic E-state index is 13.5. The molecule has 3 aromatic carbocycles. The number of halogens is 3. The largest absolute Gasteiger partial charge is 0.306 e. The number of benzene rings is 3. The predicted molar refractivity (Wildman–Crippen MR) is 71.7 cm³/mol. The van der Waals surface area contributed by atoms with Gasteiger partial charge in [-0.1, -0.05) is 54.6 Å². The van der Waals surface area contributed by atoms with Gasteiger partial charge in [0, 0.05) is 5.56 Å². The highest BCUT2D eigenvalue weighted by Gasteiger charge is 2.12. The highest BCUT2D eigenvalue weighted by molar-refractivity contribution is 6.10. The van der Waals surface area contributed by atoms with Crippen molar-refractivity contribution >= 4 is 27.4 Å². The first-order valence-electron chi connectivity index (χ1n) is 5.80. The molecule has 0 aromatic heterocycles. The molecule has 0 fully saturated rings. The molecule has 0 unspecified atom stereocenters. The standard InChI is InChI=1S/C16H9F3/c17-15(16(18)19)14-7-3-6-12-11-5-2-1-4-10(11)8-9-13(12)14/h1-9H. The maximum absolute atomic E-state index is 13.5. The monoisotopic (exact) mass is 258 g/mol. The summed E-state index contributed by atoms with van der Waals surface area (Å²) in [4.78, 5) is 0. The lowest BCUT2D eigenvalue weighted by Crippen LogP contribution is -1.85. The quantitative estimate of drug-likeness (QED) is 0.503. The molecule has 0 amide bonds. The van der Waals surface area contributed by atoms with Crippen LogP contribution in [0.3, 0.4) is 0 Å². The van der Waals surface area contributed by atoms with Gasteiger partial charge < -0.3 is 0 Å². The Hall–Kier alpha value is -2.29. The van der Waals surface area contributed by atoms with Crippen LogP contribution in [0.4, 0.5) is 13.2 Å². The molecule has 0 spiro atoms. The van der Waals surface area contributed by atoms with Crippen LogP contribution < -0.4 is 0 Å². The molecule has 3 rings (SSSR count). The topological polar surface area (TPSA) is 0 Å². The van der Waals surface area contributed by atoms with Crippen molar-refractivity contribution in [3.8, 4) is 0 Å². The van der Waals surface area contributed by atoms with Crippen LogP contribution in [0.25, 0.3) is 27.4 Å². The van der Waals surface area contributed by atoms with Gasteiger partial charge in [-0.15, -0.1) is 0 Å². The maximum Gasteiger partial charge on any atom is 0.306 e. The van der Waals surface area contributed by atoms with E-state index in [0.717, 1.165) is 16.2 Å². The molecule has 94 valence electrons. The fraction of sp³-hybridized carbons (Fsp3) is 0. The highest BCUT2D eigenvalue weighted by Crippen LogP contribution is 2.33. The lowest BCUT2D eigenvalue weighted by atomic mass is 9.98. The zero-order valence-corrected chi connectivity index (χ0v) is 9.83.